The van der Waals surface area contributed by atoms with E-state index in [9.17, 15) is 18.8 Å². The number of benzene rings is 2. The molecule has 11 heteroatoms. The van der Waals surface area contributed by atoms with E-state index in [-0.39, 0.29) is 41.9 Å². The van der Waals surface area contributed by atoms with Crippen molar-refractivity contribution >= 4 is 34.9 Å². The fourth-order valence-electron chi connectivity index (χ4n) is 4.20. The maximum absolute atomic E-state index is 15.4. The number of carbonyl (C=O) groups excluding carboxylic acids is 3. The minimum Gasteiger partial charge on any atom is -0.454 e. The molecule has 2 aliphatic carbocycles. The normalized spacial score (nSPS) is 15.8. The number of primary amides is 1. The number of hydrogen-bond acceptors (Lipinski definition) is 5. The Morgan fingerprint density at radius 2 is 1.71 bits per heavy atom. The molecule has 38 heavy (non-hydrogen) atoms. The lowest BCUT2D eigenvalue weighted by Crippen LogP contribution is -2.41. The van der Waals surface area contributed by atoms with Gasteiger partial charge in [-0.05, 0) is 56.0 Å². The predicted molar refractivity (Wildman–Crippen MR) is 131 cm³/mol. The van der Waals surface area contributed by atoms with E-state index in [4.69, 9.17) is 10.5 Å². The average molecular weight is 524 g/mol. The molecule has 3 amide bonds. The van der Waals surface area contributed by atoms with E-state index in [1.54, 1.807) is 0 Å². The molecule has 1 heterocycles. The third-order valence-corrected chi connectivity index (χ3v) is 6.85. The summed E-state index contributed by atoms with van der Waals surface area (Å²) >= 11 is 0. The van der Waals surface area contributed by atoms with Gasteiger partial charge in [0.1, 0.15) is 22.8 Å². The summed E-state index contributed by atoms with van der Waals surface area (Å²) in [4.78, 5) is 42.4. The Hall–Kier alpha value is -4.41. The first kappa shape index (κ1) is 25.2. The molecule has 2 saturated carbocycles. The highest BCUT2D eigenvalue weighted by atomic mass is 19.1. The second kappa shape index (κ2) is 9.81. The molecule has 1 aromatic heterocycles. The minimum atomic E-state index is -1.55. The highest BCUT2D eigenvalue weighted by Crippen LogP contribution is 2.49. The maximum Gasteiger partial charge on any atom is 0.247 e. The summed E-state index contributed by atoms with van der Waals surface area (Å²) in [6.45, 7) is 0. The van der Waals surface area contributed by atoms with Crippen LogP contribution in [0.1, 0.15) is 32.1 Å². The number of rotatable bonds is 8. The van der Waals surface area contributed by atoms with Crippen molar-refractivity contribution in [3.05, 3.63) is 72.2 Å². The summed E-state index contributed by atoms with van der Waals surface area (Å²) in [5, 5.41) is 2.68. The van der Waals surface area contributed by atoms with Crippen molar-refractivity contribution in [2.75, 3.05) is 10.2 Å². The van der Waals surface area contributed by atoms with E-state index in [1.807, 2.05) is 0 Å². The van der Waals surface area contributed by atoms with E-state index >= 15 is 8.78 Å². The molecule has 5 rings (SSSR count). The predicted octanol–water partition coefficient (Wildman–Crippen LogP) is 4.96. The smallest absolute Gasteiger partial charge is 0.247 e. The highest BCUT2D eigenvalue weighted by Gasteiger charge is 2.57. The van der Waals surface area contributed by atoms with Crippen molar-refractivity contribution in [3.8, 4) is 11.5 Å². The van der Waals surface area contributed by atoms with Crippen LogP contribution in [0.4, 0.5) is 30.4 Å². The number of pyridine rings is 1. The van der Waals surface area contributed by atoms with E-state index in [1.165, 1.54) is 30.5 Å². The molecule has 196 valence electrons. The summed E-state index contributed by atoms with van der Waals surface area (Å²) in [6.07, 6.45) is 4.26. The lowest BCUT2D eigenvalue weighted by atomic mass is 9.85. The van der Waals surface area contributed by atoms with Gasteiger partial charge >= 0.3 is 0 Å². The Balaban J connectivity index is 1.44. The summed E-state index contributed by atoms with van der Waals surface area (Å²) in [5.41, 5.74) is 3.41. The van der Waals surface area contributed by atoms with Gasteiger partial charge in [-0.25, -0.2) is 18.2 Å². The fourth-order valence-corrected chi connectivity index (χ4v) is 4.20. The molecule has 0 saturated heterocycles. The Labute approximate surface area is 215 Å². The van der Waals surface area contributed by atoms with Gasteiger partial charge in [-0.1, -0.05) is 6.42 Å². The second-order valence-electron chi connectivity index (χ2n) is 9.39. The molecule has 2 aliphatic rings. The van der Waals surface area contributed by atoms with Crippen LogP contribution < -0.4 is 20.7 Å². The van der Waals surface area contributed by atoms with Crippen molar-refractivity contribution in [2.24, 2.45) is 17.1 Å². The van der Waals surface area contributed by atoms with Gasteiger partial charge in [-0.15, -0.1) is 0 Å². The van der Waals surface area contributed by atoms with E-state index < -0.39 is 46.1 Å². The number of halogens is 3. The Kier molecular flexibility index (Phi) is 6.52. The second-order valence-corrected chi connectivity index (χ2v) is 9.39. The number of amides is 3. The van der Waals surface area contributed by atoms with Gasteiger partial charge in [0.2, 0.25) is 17.7 Å². The van der Waals surface area contributed by atoms with Crippen LogP contribution in [0, 0.1) is 28.8 Å². The Bertz CT molecular complexity index is 1420. The molecule has 0 spiro atoms. The van der Waals surface area contributed by atoms with Crippen molar-refractivity contribution in [2.45, 2.75) is 32.1 Å². The molecule has 0 atom stereocenters. The van der Waals surface area contributed by atoms with Gasteiger partial charge in [-0.2, -0.15) is 0 Å². The number of anilines is 3. The maximum atomic E-state index is 15.4. The first-order valence-electron chi connectivity index (χ1n) is 12.0. The summed E-state index contributed by atoms with van der Waals surface area (Å²) in [7, 11) is 0. The molecule has 2 fully saturated rings. The average Bonchev–Trinajstić information content (AvgIpc) is 3.65. The van der Waals surface area contributed by atoms with Crippen LogP contribution >= 0.6 is 0 Å². The quantitative estimate of drug-likeness (QED) is 0.404. The first-order valence-corrected chi connectivity index (χ1v) is 12.0. The van der Waals surface area contributed by atoms with E-state index in [0.717, 1.165) is 48.4 Å². The Morgan fingerprint density at radius 3 is 2.32 bits per heavy atom. The number of nitrogens with one attached hydrogen (secondary N) is 1. The SMILES string of the molecule is NC(=O)C1(C(=O)N(c2ccc(F)cc2)c2cc(F)c(Oc3ccnc(NC(=O)C4CCC4)c3)cc2F)CC1. The number of hydrogen-bond donors (Lipinski definition) is 2. The fraction of sp³-hybridized carbons (Fsp3) is 0.259. The topological polar surface area (TPSA) is 115 Å². The van der Waals surface area contributed by atoms with Crippen molar-refractivity contribution in [1.29, 1.82) is 0 Å². The molecular formula is C27H23F3N4O4. The number of aromatic nitrogens is 1. The van der Waals surface area contributed by atoms with Crippen LogP contribution in [0.25, 0.3) is 0 Å². The van der Waals surface area contributed by atoms with Crippen LogP contribution in [-0.2, 0) is 14.4 Å². The third kappa shape index (κ3) is 4.79. The summed E-state index contributed by atoms with van der Waals surface area (Å²) in [6, 6.07) is 8.81. The van der Waals surface area contributed by atoms with Crippen LogP contribution in [0.15, 0.2) is 54.7 Å². The van der Waals surface area contributed by atoms with Gasteiger partial charge < -0.3 is 15.8 Å². The van der Waals surface area contributed by atoms with Crippen molar-refractivity contribution < 1.29 is 32.3 Å². The van der Waals surface area contributed by atoms with Gasteiger partial charge in [-0.3, -0.25) is 19.3 Å². The number of nitrogens with two attached hydrogens (primary N) is 1. The highest BCUT2D eigenvalue weighted by molar-refractivity contribution is 6.16. The number of ether oxygens (including phenoxy) is 1. The molecule has 0 unspecified atom stereocenters. The first-order chi connectivity index (χ1) is 18.2. The lowest BCUT2D eigenvalue weighted by molar-refractivity contribution is -0.133. The van der Waals surface area contributed by atoms with Gasteiger partial charge in [0.15, 0.2) is 17.4 Å². The minimum absolute atomic E-state index is 0.0249. The van der Waals surface area contributed by atoms with Crippen molar-refractivity contribution in [3.63, 3.8) is 0 Å². The number of carbonyl (C=O) groups is 3. The zero-order valence-corrected chi connectivity index (χ0v) is 20.0. The zero-order valence-electron chi connectivity index (χ0n) is 20.0. The third-order valence-electron chi connectivity index (χ3n) is 6.85. The molecule has 0 aliphatic heterocycles. The van der Waals surface area contributed by atoms with Gasteiger partial charge in [0, 0.05) is 36.0 Å². The largest absolute Gasteiger partial charge is 0.454 e. The molecule has 3 N–H and O–H groups in total. The van der Waals surface area contributed by atoms with Crippen LogP contribution in [0.5, 0.6) is 11.5 Å². The Morgan fingerprint density at radius 1 is 1.00 bits per heavy atom. The van der Waals surface area contributed by atoms with E-state index in [2.05, 4.69) is 10.3 Å². The molecular weight excluding hydrogens is 501 g/mol. The molecule has 0 bridgehead atoms. The lowest BCUT2D eigenvalue weighted by Gasteiger charge is -2.27. The van der Waals surface area contributed by atoms with Crippen molar-refractivity contribution in [1.82, 2.24) is 4.98 Å². The molecule has 2 aromatic carbocycles. The molecule has 8 nitrogen and oxygen atoms in total. The van der Waals surface area contributed by atoms with Crippen LogP contribution in [-0.4, -0.2) is 22.7 Å². The van der Waals surface area contributed by atoms with E-state index in [0.29, 0.717) is 0 Å². The standard InChI is InChI=1S/C27H23F3N4O4/c28-16-4-6-17(7-5-16)34(26(37)27(9-10-27)25(31)36)21-13-20(30)22(14-19(21)29)38-18-8-11-32-23(12-18)33-24(35)15-2-1-3-15/h4-8,11-15H,1-3,9-10H2,(H2,31,36)(H,32,33,35). The molecule has 3 aromatic rings. The van der Waals surface area contributed by atoms with Crippen LogP contribution in [0.3, 0.4) is 0 Å². The number of nitrogens with zero attached hydrogens (tertiary/aromatic N) is 2. The zero-order chi connectivity index (χ0) is 27.0. The van der Waals surface area contributed by atoms with Crippen LogP contribution in [0.2, 0.25) is 0 Å². The monoisotopic (exact) mass is 524 g/mol. The van der Waals surface area contributed by atoms with Gasteiger partial charge in [0.05, 0.1) is 5.69 Å². The summed E-state index contributed by atoms with van der Waals surface area (Å²) < 4.78 is 49.6. The van der Waals surface area contributed by atoms with Gasteiger partial charge in [0.25, 0.3) is 0 Å². The molecule has 0 radical (unpaired) electrons. The summed E-state index contributed by atoms with van der Waals surface area (Å²) in [5.74, 6) is -4.82.